The molecule has 62 valence electrons. The van der Waals surface area contributed by atoms with Gasteiger partial charge in [0.2, 0.25) is 0 Å². The van der Waals surface area contributed by atoms with Gasteiger partial charge in [0.25, 0.3) is 0 Å². The van der Waals surface area contributed by atoms with Crippen LogP contribution in [0.1, 0.15) is 0 Å². The van der Waals surface area contributed by atoms with E-state index in [1.54, 1.807) is 22.9 Å². The zero-order valence-electron chi connectivity index (χ0n) is 5.96. The lowest BCUT2D eigenvalue weighted by Gasteiger charge is -1.98. The smallest absolute Gasteiger partial charge is 0.152 e. The molecule has 0 bridgehead atoms. The van der Waals surface area contributed by atoms with Crippen LogP contribution in [0.2, 0.25) is 5.02 Å². The van der Waals surface area contributed by atoms with Crippen molar-refractivity contribution in [1.82, 2.24) is 9.38 Å². The van der Waals surface area contributed by atoms with Gasteiger partial charge in [-0.1, -0.05) is 11.6 Å². The summed E-state index contributed by atoms with van der Waals surface area (Å²) < 4.78 is 2.57. The Bertz CT molecular complexity index is 437. The van der Waals surface area contributed by atoms with E-state index in [0.717, 1.165) is 10.1 Å². The van der Waals surface area contributed by atoms with Gasteiger partial charge in [0.1, 0.15) is 5.82 Å². The molecule has 2 rings (SSSR count). The van der Waals surface area contributed by atoms with Crippen LogP contribution in [0.25, 0.3) is 5.65 Å². The van der Waals surface area contributed by atoms with Crippen LogP contribution >= 0.6 is 27.5 Å². The van der Waals surface area contributed by atoms with Gasteiger partial charge in [-0.2, -0.15) is 0 Å². The lowest BCUT2D eigenvalue weighted by Crippen LogP contribution is -1.92. The molecule has 0 radical (unpaired) electrons. The number of nitrogen functional groups attached to an aromatic ring is 1. The average Bonchev–Trinajstić information content (AvgIpc) is 2.33. The number of nitrogens with two attached hydrogens (primary N) is 1. The minimum absolute atomic E-state index is 0.577. The second-order valence-electron chi connectivity index (χ2n) is 2.38. The van der Waals surface area contributed by atoms with Crippen molar-refractivity contribution in [2.45, 2.75) is 0 Å². The van der Waals surface area contributed by atoms with Gasteiger partial charge in [-0.05, 0) is 22.0 Å². The van der Waals surface area contributed by atoms with Gasteiger partial charge < -0.3 is 5.73 Å². The SMILES string of the molecule is Nc1cnc2c(Br)cc(Cl)cn12. The fraction of sp³-hybridized carbons (Fsp3) is 0. The maximum absolute atomic E-state index is 5.82. The fourth-order valence-electron chi connectivity index (χ4n) is 1.03. The van der Waals surface area contributed by atoms with Gasteiger partial charge in [0.05, 0.1) is 15.7 Å². The molecule has 0 unspecified atom stereocenters. The van der Waals surface area contributed by atoms with E-state index in [4.69, 9.17) is 17.3 Å². The number of nitrogens with zero attached hydrogens (tertiary/aromatic N) is 2. The van der Waals surface area contributed by atoms with E-state index in [2.05, 4.69) is 20.9 Å². The number of hydrogen-bond donors (Lipinski definition) is 1. The second kappa shape index (κ2) is 2.64. The molecule has 0 aliphatic heterocycles. The molecule has 0 aromatic carbocycles. The van der Waals surface area contributed by atoms with E-state index in [1.807, 2.05) is 0 Å². The first-order valence-electron chi connectivity index (χ1n) is 3.26. The molecule has 5 heteroatoms. The fourth-order valence-corrected chi connectivity index (χ4v) is 1.91. The summed E-state index contributed by atoms with van der Waals surface area (Å²) >= 11 is 9.16. The number of fused-ring (bicyclic) bond motifs is 1. The van der Waals surface area contributed by atoms with Crippen LogP contribution in [0.5, 0.6) is 0 Å². The minimum atomic E-state index is 0.577. The van der Waals surface area contributed by atoms with Crippen molar-refractivity contribution in [3.63, 3.8) is 0 Å². The molecule has 0 aliphatic rings. The highest BCUT2D eigenvalue weighted by molar-refractivity contribution is 9.10. The van der Waals surface area contributed by atoms with E-state index >= 15 is 0 Å². The number of anilines is 1. The molecule has 12 heavy (non-hydrogen) atoms. The van der Waals surface area contributed by atoms with Gasteiger partial charge in [-0.15, -0.1) is 0 Å². The summed E-state index contributed by atoms with van der Waals surface area (Å²) in [6, 6.07) is 1.78. The monoisotopic (exact) mass is 245 g/mol. The van der Waals surface area contributed by atoms with Crippen LogP contribution in [0.4, 0.5) is 5.82 Å². The summed E-state index contributed by atoms with van der Waals surface area (Å²) in [5, 5.41) is 0.624. The van der Waals surface area contributed by atoms with Gasteiger partial charge in [0.15, 0.2) is 5.65 Å². The quantitative estimate of drug-likeness (QED) is 0.775. The van der Waals surface area contributed by atoms with E-state index in [1.165, 1.54) is 0 Å². The van der Waals surface area contributed by atoms with Crippen molar-refractivity contribution in [2.75, 3.05) is 5.73 Å². The topological polar surface area (TPSA) is 43.3 Å². The van der Waals surface area contributed by atoms with Crippen LogP contribution in [0.15, 0.2) is 22.9 Å². The largest absolute Gasteiger partial charge is 0.383 e. The first-order valence-corrected chi connectivity index (χ1v) is 4.43. The highest BCUT2D eigenvalue weighted by atomic mass is 79.9. The number of pyridine rings is 1. The summed E-state index contributed by atoms with van der Waals surface area (Å²) in [5.41, 5.74) is 6.41. The molecular formula is C7H5BrClN3. The first-order chi connectivity index (χ1) is 5.68. The number of halogens is 2. The second-order valence-corrected chi connectivity index (χ2v) is 3.67. The maximum Gasteiger partial charge on any atom is 0.152 e. The minimum Gasteiger partial charge on any atom is -0.383 e. The summed E-state index contributed by atoms with van der Waals surface area (Å²) in [6.45, 7) is 0. The van der Waals surface area contributed by atoms with E-state index in [-0.39, 0.29) is 0 Å². The van der Waals surface area contributed by atoms with E-state index < -0.39 is 0 Å². The van der Waals surface area contributed by atoms with Crippen LogP contribution in [0.3, 0.4) is 0 Å². The van der Waals surface area contributed by atoms with Gasteiger partial charge in [-0.3, -0.25) is 4.40 Å². The van der Waals surface area contributed by atoms with Crippen molar-refractivity contribution in [2.24, 2.45) is 0 Å². The molecule has 0 saturated heterocycles. The van der Waals surface area contributed by atoms with E-state index in [9.17, 15) is 0 Å². The van der Waals surface area contributed by atoms with Crippen LogP contribution in [-0.2, 0) is 0 Å². The Kier molecular flexibility index (Phi) is 1.73. The maximum atomic E-state index is 5.82. The third kappa shape index (κ3) is 1.07. The van der Waals surface area contributed by atoms with Crippen molar-refractivity contribution in [1.29, 1.82) is 0 Å². The molecule has 2 N–H and O–H groups in total. The predicted molar refractivity (Wildman–Crippen MR) is 52.3 cm³/mol. The van der Waals surface area contributed by atoms with Gasteiger partial charge in [0, 0.05) is 6.20 Å². The van der Waals surface area contributed by atoms with Gasteiger partial charge >= 0.3 is 0 Å². The zero-order chi connectivity index (χ0) is 8.72. The Morgan fingerprint density at radius 1 is 1.58 bits per heavy atom. The molecular weight excluding hydrogens is 241 g/mol. The summed E-state index contributed by atoms with van der Waals surface area (Å²) in [7, 11) is 0. The summed E-state index contributed by atoms with van der Waals surface area (Å²) in [4.78, 5) is 4.09. The zero-order valence-corrected chi connectivity index (χ0v) is 8.30. The van der Waals surface area contributed by atoms with Crippen molar-refractivity contribution in [3.8, 4) is 0 Å². The predicted octanol–water partition coefficient (Wildman–Crippen LogP) is 2.33. The number of aromatic nitrogens is 2. The number of imidazole rings is 1. The third-order valence-corrected chi connectivity index (χ3v) is 2.35. The Morgan fingerprint density at radius 2 is 2.33 bits per heavy atom. The molecule has 2 aromatic heterocycles. The number of rotatable bonds is 0. The third-order valence-electron chi connectivity index (χ3n) is 1.56. The van der Waals surface area contributed by atoms with Crippen LogP contribution in [-0.4, -0.2) is 9.38 Å². The lowest BCUT2D eigenvalue weighted by molar-refractivity contribution is 1.19. The lowest BCUT2D eigenvalue weighted by atomic mass is 10.5. The standard InChI is InChI=1S/C7H5BrClN3/c8-5-1-4(9)3-12-6(10)2-11-7(5)12/h1-3H,10H2. The van der Waals surface area contributed by atoms with Crippen LogP contribution in [0, 0.1) is 0 Å². The molecule has 2 heterocycles. The molecule has 0 fully saturated rings. The first kappa shape index (κ1) is 7.89. The average molecular weight is 246 g/mol. The molecule has 3 nitrogen and oxygen atoms in total. The number of hydrogen-bond acceptors (Lipinski definition) is 2. The molecule has 0 atom stereocenters. The molecule has 0 amide bonds. The summed E-state index contributed by atoms with van der Waals surface area (Å²) in [6.07, 6.45) is 3.32. The van der Waals surface area contributed by atoms with Crippen molar-refractivity contribution in [3.05, 3.63) is 28.0 Å². The van der Waals surface area contributed by atoms with Gasteiger partial charge in [-0.25, -0.2) is 4.98 Å². The Hall–Kier alpha value is -0.740. The normalized spacial score (nSPS) is 10.8. The Labute approximate surface area is 82.3 Å². The molecule has 0 saturated carbocycles. The molecule has 0 aliphatic carbocycles. The summed E-state index contributed by atoms with van der Waals surface area (Å²) in [5.74, 6) is 0.577. The Balaban J connectivity index is 2.92. The van der Waals surface area contributed by atoms with Crippen LogP contribution < -0.4 is 5.73 Å². The molecule has 2 aromatic rings. The Morgan fingerprint density at radius 3 is 3.08 bits per heavy atom. The van der Waals surface area contributed by atoms with Crippen molar-refractivity contribution < 1.29 is 0 Å². The highest BCUT2D eigenvalue weighted by Crippen LogP contribution is 2.23. The molecule has 0 spiro atoms. The van der Waals surface area contributed by atoms with E-state index in [0.29, 0.717) is 10.8 Å². The highest BCUT2D eigenvalue weighted by Gasteiger charge is 2.04. The van der Waals surface area contributed by atoms with Crippen molar-refractivity contribution >= 4 is 39.0 Å².